The number of aromatic amines is 1. The summed E-state index contributed by atoms with van der Waals surface area (Å²) in [5, 5.41) is 9.02. The number of benzene rings is 2. The molecule has 0 spiro atoms. The molecular weight excluding hydrogens is 527 g/mol. The van der Waals surface area contributed by atoms with E-state index in [1.165, 1.54) is 12.8 Å². The lowest BCUT2D eigenvalue weighted by molar-refractivity contribution is 0.108. The molecule has 0 amide bonds. The van der Waals surface area contributed by atoms with Crippen molar-refractivity contribution < 1.29 is 9.13 Å². The molecule has 2 aromatic carbocycles. The Hall–Kier alpha value is -3.23. The van der Waals surface area contributed by atoms with E-state index >= 15 is 4.39 Å². The zero-order chi connectivity index (χ0) is 27.4. The van der Waals surface area contributed by atoms with Gasteiger partial charge in [-0.15, -0.1) is 0 Å². The first-order valence-corrected chi connectivity index (χ1v) is 14.7. The molecule has 0 saturated carbocycles. The van der Waals surface area contributed by atoms with Crippen LogP contribution in [0.15, 0.2) is 30.5 Å². The maximum absolute atomic E-state index is 16.8. The molecule has 3 aliphatic heterocycles. The molecule has 0 radical (unpaired) electrons. The minimum atomic E-state index is -0.457. The Morgan fingerprint density at radius 1 is 1.00 bits per heavy atom. The number of anilines is 1. The molecule has 5 heterocycles. The number of H-pyrrole nitrogens is 1. The molecule has 3 aliphatic rings. The molecule has 2 saturated heterocycles. The number of nitrogens with zero attached hydrogens (tertiary/aromatic N) is 5. The van der Waals surface area contributed by atoms with Crippen LogP contribution in [0.5, 0.6) is 6.01 Å². The van der Waals surface area contributed by atoms with Gasteiger partial charge < -0.3 is 9.64 Å². The Balaban J connectivity index is 1.39. The van der Waals surface area contributed by atoms with Crippen LogP contribution in [0.4, 0.5) is 10.2 Å². The zero-order valence-electron chi connectivity index (χ0n) is 23.1. The van der Waals surface area contributed by atoms with E-state index in [0.717, 1.165) is 79.5 Å². The molecule has 2 fully saturated rings. The smallest absolute Gasteiger partial charge is 0.319 e. The summed E-state index contributed by atoms with van der Waals surface area (Å²) in [5.74, 6) is 0.222. The highest BCUT2D eigenvalue weighted by Crippen LogP contribution is 2.44. The first-order chi connectivity index (χ1) is 19.4. The number of rotatable bonds is 5. The van der Waals surface area contributed by atoms with Crippen LogP contribution in [0.2, 0.25) is 5.02 Å². The third-order valence-corrected chi connectivity index (χ3v) is 9.53. The van der Waals surface area contributed by atoms with Gasteiger partial charge in [-0.05, 0) is 88.7 Å². The van der Waals surface area contributed by atoms with Crippen LogP contribution in [0.25, 0.3) is 32.9 Å². The van der Waals surface area contributed by atoms with Crippen molar-refractivity contribution in [2.75, 3.05) is 37.7 Å². The first kappa shape index (κ1) is 25.7. The van der Waals surface area contributed by atoms with Crippen molar-refractivity contribution in [1.29, 1.82) is 0 Å². The molecule has 40 heavy (non-hydrogen) atoms. The van der Waals surface area contributed by atoms with E-state index < -0.39 is 5.82 Å². The van der Waals surface area contributed by atoms with Crippen molar-refractivity contribution in [2.45, 2.75) is 57.9 Å². The molecular formula is C31H34ClFN6O. The number of nitrogens with one attached hydrogen (secondary N) is 1. The molecule has 2 aromatic heterocycles. The number of fused-ring (bicyclic) bond motifs is 3. The van der Waals surface area contributed by atoms with Gasteiger partial charge in [-0.1, -0.05) is 23.8 Å². The molecule has 7 rings (SSSR count). The van der Waals surface area contributed by atoms with Crippen molar-refractivity contribution in [3.63, 3.8) is 0 Å². The quantitative estimate of drug-likeness (QED) is 0.272. The standard InChI is InChI=1S/C31H34ClFN6O/c1-19-15-24-22(17-34-37-24)25(20(19)2)26-23(32)16-21-28(27(26)33)35-30(36-29(21)38-11-5-3-4-6-12-38)40-18-31-9-7-13-39(31)14-8-10-31/h3-4,15-17H,5-14,18H2,1-2H3,(H,34,37). The minimum Gasteiger partial charge on any atom is -0.461 e. The van der Waals surface area contributed by atoms with Crippen molar-refractivity contribution in [3.05, 3.63) is 52.4 Å². The van der Waals surface area contributed by atoms with E-state index in [9.17, 15) is 0 Å². The molecule has 0 bridgehead atoms. The molecule has 0 aliphatic carbocycles. The van der Waals surface area contributed by atoms with Crippen LogP contribution in [0.3, 0.4) is 0 Å². The highest BCUT2D eigenvalue weighted by molar-refractivity contribution is 6.35. The predicted molar refractivity (Wildman–Crippen MR) is 158 cm³/mol. The second kappa shape index (κ2) is 10.00. The number of hydrogen-bond donors (Lipinski definition) is 1. The monoisotopic (exact) mass is 560 g/mol. The molecule has 208 valence electrons. The largest absolute Gasteiger partial charge is 0.461 e. The Morgan fingerprint density at radius 3 is 2.50 bits per heavy atom. The summed E-state index contributed by atoms with van der Waals surface area (Å²) >= 11 is 6.93. The molecule has 1 N–H and O–H groups in total. The minimum absolute atomic E-state index is 0.0419. The van der Waals surface area contributed by atoms with Gasteiger partial charge in [-0.25, -0.2) is 4.39 Å². The van der Waals surface area contributed by atoms with Crippen LogP contribution >= 0.6 is 11.6 Å². The lowest BCUT2D eigenvalue weighted by Crippen LogP contribution is -2.43. The van der Waals surface area contributed by atoms with Crippen LogP contribution in [0, 0.1) is 19.7 Å². The van der Waals surface area contributed by atoms with Gasteiger partial charge in [0.1, 0.15) is 17.9 Å². The number of hydrogen-bond acceptors (Lipinski definition) is 6. The lowest BCUT2D eigenvalue weighted by atomic mass is 9.92. The van der Waals surface area contributed by atoms with E-state index in [2.05, 4.69) is 32.1 Å². The normalized spacial score (nSPS) is 19.1. The summed E-state index contributed by atoms with van der Waals surface area (Å²) in [7, 11) is 0. The summed E-state index contributed by atoms with van der Waals surface area (Å²) in [6.07, 6.45) is 12.5. The van der Waals surface area contributed by atoms with Gasteiger partial charge in [0.05, 0.1) is 22.3 Å². The van der Waals surface area contributed by atoms with Crippen molar-refractivity contribution >= 4 is 39.2 Å². The van der Waals surface area contributed by atoms with Gasteiger partial charge in [0.25, 0.3) is 0 Å². The third-order valence-electron chi connectivity index (χ3n) is 9.24. The van der Waals surface area contributed by atoms with E-state index in [1.54, 1.807) is 6.20 Å². The third kappa shape index (κ3) is 4.15. The topological polar surface area (TPSA) is 70.2 Å². The van der Waals surface area contributed by atoms with Gasteiger partial charge in [-0.2, -0.15) is 15.1 Å². The second-order valence-electron chi connectivity index (χ2n) is 11.5. The molecule has 4 aromatic rings. The Kier molecular flexibility index (Phi) is 6.43. The first-order valence-electron chi connectivity index (χ1n) is 14.4. The maximum atomic E-state index is 16.8. The van der Waals surface area contributed by atoms with Gasteiger partial charge in [0.2, 0.25) is 0 Å². The number of aryl methyl sites for hydroxylation is 1. The highest BCUT2D eigenvalue weighted by Gasteiger charge is 2.45. The lowest BCUT2D eigenvalue weighted by Gasteiger charge is -2.31. The average molecular weight is 561 g/mol. The maximum Gasteiger partial charge on any atom is 0.319 e. The van der Waals surface area contributed by atoms with E-state index in [0.29, 0.717) is 28.4 Å². The summed E-state index contributed by atoms with van der Waals surface area (Å²) < 4.78 is 23.2. The SMILES string of the molecule is Cc1cc2[nH]ncc2c(-c2c(Cl)cc3c(N4CCC=CCC4)nc(OCC45CCCN4CCC5)nc3c2F)c1C. The van der Waals surface area contributed by atoms with E-state index in [4.69, 9.17) is 26.3 Å². The number of halogens is 2. The van der Waals surface area contributed by atoms with Gasteiger partial charge in [0.15, 0.2) is 5.82 Å². The van der Waals surface area contributed by atoms with Gasteiger partial charge in [0, 0.05) is 35.0 Å². The Labute approximate surface area is 238 Å². The summed E-state index contributed by atoms with van der Waals surface area (Å²) in [6.45, 7) is 8.33. The second-order valence-corrected chi connectivity index (χ2v) is 11.9. The summed E-state index contributed by atoms with van der Waals surface area (Å²) in [6, 6.07) is 4.09. The van der Waals surface area contributed by atoms with Crippen molar-refractivity contribution in [3.8, 4) is 17.1 Å². The molecule has 0 atom stereocenters. The molecule has 9 heteroatoms. The fourth-order valence-electron chi connectivity index (χ4n) is 7.03. The van der Waals surface area contributed by atoms with Gasteiger partial charge in [-0.3, -0.25) is 10.00 Å². The summed E-state index contributed by atoms with van der Waals surface area (Å²) in [5.41, 5.74) is 4.19. The Morgan fingerprint density at radius 2 is 1.75 bits per heavy atom. The fraction of sp³-hybridized carbons (Fsp3) is 0.452. The van der Waals surface area contributed by atoms with E-state index in [1.807, 2.05) is 26.0 Å². The van der Waals surface area contributed by atoms with Crippen molar-refractivity contribution in [2.24, 2.45) is 0 Å². The highest BCUT2D eigenvalue weighted by atomic mass is 35.5. The summed E-state index contributed by atoms with van der Waals surface area (Å²) in [4.78, 5) is 14.4. The number of ether oxygens (including phenoxy) is 1. The predicted octanol–water partition coefficient (Wildman–Crippen LogP) is 6.75. The average Bonchev–Trinajstić information content (AvgIpc) is 3.60. The van der Waals surface area contributed by atoms with Gasteiger partial charge >= 0.3 is 6.01 Å². The van der Waals surface area contributed by atoms with Crippen LogP contribution in [-0.4, -0.2) is 63.4 Å². The van der Waals surface area contributed by atoms with Crippen LogP contribution in [-0.2, 0) is 0 Å². The molecule has 7 nitrogen and oxygen atoms in total. The number of aromatic nitrogens is 4. The Bertz CT molecular complexity index is 1630. The van der Waals surface area contributed by atoms with Crippen LogP contribution in [0.1, 0.15) is 49.7 Å². The van der Waals surface area contributed by atoms with Crippen LogP contribution < -0.4 is 9.64 Å². The van der Waals surface area contributed by atoms with Crippen molar-refractivity contribution in [1.82, 2.24) is 25.1 Å². The van der Waals surface area contributed by atoms with E-state index in [-0.39, 0.29) is 17.1 Å². The zero-order valence-corrected chi connectivity index (χ0v) is 23.8. The fourth-order valence-corrected chi connectivity index (χ4v) is 7.31. The molecule has 0 unspecified atom stereocenters.